The highest BCUT2D eigenvalue weighted by atomic mass is 79.9. The van der Waals surface area contributed by atoms with Crippen LogP contribution in [0.15, 0.2) is 23.1 Å². The van der Waals surface area contributed by atoms with E-state index in [1.807, 2.05) is 0 Å². The number of anilines is 1. The number of hydrogen-bond acceptors (Lipinski definition) is 5. The summed E-state index contributed by atoms with van der Waals surface area (Å²) in [6, 6.07) is 0. The zero-order chi connectivity index (χ0) is 17.9. The minimum absolute atomic E-state index is 0.0952. The molecule has 2 aromatic rings. The molecule has 2 aromatic heterocycles. The standard InChI is InChI=1S/C16H21BrF2N4O2/c17-12-9-22-23-6-5-20-15(13(12)23)21-10-16(25-8-7-24)3-1-11(2-4-16)14(18)19/h5-6,9,11,14,24H,1-4,7-8,10H2,(H,20,21). The van der Waals surface area contributed by atoms with Gasteiger partial charge in [0.05, 0.1) is 29.5 Å². The molecule has 2 N–H and O–H groups in total. The highest BCUT2D eigenvalue weighted by molar-refractivity contribution is 9.10. The fourth-order valence-corrected chi connectivity index (χ4v) is 3.80. The zero-order valence-corrected chi connectivity index (χ0v) is 15.3. The number of hydrogen-bond donors (Lipinski definition) is 2. The second-order valence-electron chi connectivity index (χ2n) is 6.34. The van der Waals surface area contributed by atoms with Crippen LogP contribution in [0.3, 0.4) is 0 Å². The van der Waals surface area contributed by atoms with Crippen molar-refractivity contribution in [1.82, 2.24) is 14.6 Å². The molecule has 1 aliphatic carbocycles. The summed E-state index contributed by atoms with van der Waals surface area (Å²) in [7, 11) is 0. The lowest BCUT2D eigenvalue weighted by Gasteiger charge is -2.40. The number of ether oxygens (including phenoxy) is 1. The van der Waals surface area contributed by atoms with Gasteiger partial charge in [0.15, 0.2) is 5.82 Å². The fraction of sp³-hybridized carbons (Fsp3) is 0.625. The lowest BCUT2D eigenvalue weighted by atomic mass is 9.78. The first-order valence-electron chi connectivity index (χ1n) is 8.29. The number of fused-ring (bicyclic) bond motifs is 1. The van der Waals surface area contributed by atoms with Crippen LogP contribution in [-0.4, -0.2) is 51.5 Å². The van der Waals surface area contributed by atoms with Gasteiger partial charge in [-0.2, -0.15) is 5.10 Å². The van der Waals surface area contributed by atoms with Crippen LogP contribution < -0.4 is 5.32 Å². The summed E-state index contributed by atoms with van der Waals surface area (Å²) in [5.74, 6) is 0.0752. The number of nitrogens with zero attached hydrogens (tertiary/aromatic N) is 3. The molecule has 6 nitrogen and oxygen atoms in total. The average molecular weight is 419 g/mol. The number of aromatic nitrogens is 3. The summed E-state index contributed by atoms with van der Waals surface area (Å²) in [6.45, 7) is 0.532. The zero-order valence-electron chi connectivity index (χ0n) is 13.7. The van der Waals surface area contributed by atoms with Crippen LogP contribution in [0.2, 0.25) is 0 Å². The minimum Gasteiger partial charge on any atom is -0.394 e. The molecule has 9 heteroatoms. The Kier molecular flexibility index (Phi) is 5.85. The van der Waals surface area contributed by atoms with Crippen molar-refractivity contribution >= 4 is 27.3 Å². The molecule has 0 saturated heterocycles. The maximum Gasteiger partial charge on any atom is 0.241 e. The van der Waals surface area contributed by atoms with E-state index >= 15 is 0 Å². The van der Waals surface area contributed by atoms with E-state index in [1.165, 1.54) is 0 Å². The third-order valence-corrected chi connectivity index (χ3v) is 5.34. The van der Waals surface area contributed by atoms with Crippen molar-refractivity contribution in [2.75, 3.05) is 25.1 Å². The van der Waals surface area contributed by atoms with E-state index < -0.39 is 17.9 Å². The first kappa shape index (κ1) is 18.5. The Bertz CT molecular complexity index is 704. The summed E-state index contributed by atoms with van der Waals surface area (Å²) in [6.07, 6.45) is 4.67. The lowest BCUT2D eigenvalue weighted by molar-refractivity contribution is -0.0909. The van der Waals surface area contributed by atoms with Crippen LogP contribution in [-0.2, 0) is 4.74 Å². The molecule has 0 radical (unpaired) electrons. The van der Waals surface area contributed by atoms with Crippen molar-refractivity contribution in [3.8, 4) is 0 Å². The van der Waals surface area contributed by atoms with Gasteiger partial charge < -0.3 is 15.2 Å². The van der Waals surface area contributed by atoms with Gasteiger partial charge in [0.1, 0.15) is 5.52 Å². The molecule has 1 aliphatic rings. The number of aliphatic hydroxyl groups is 1. The molecule has 25 heavy (non-hydrogen) atoms. The van der Waals surface area contributed by atoms with Crippen LogP contribution in [0.25, 0.3) is 5.52 Å². The number of rotatable bonds is 7. The molecule has 0 unspecified atom stereocenters. The van der Waals surface area contributed by atoms with E-state index in [-0.39, 0.29) is 13.2 Å². The Morgan fingerprint density at radius 3 is 2.88 bits per heavy atom. The van der Waals surface area contributed by atoms with Crippen LogP contribution in [0, 0.1) is 5.92 Å². The van der Waals surface area contributed by atoms with Gasteiger partial charge in [-0.3, -0.25) is 0 Å². The van der Waals surface area contributed by atoms with E-state index in [9.17, 15) is 8.78 Å². The minimum atomic E-state index is -2.29. The number of nitrogens with one attached hydrogen (secondary N) is 1. The van der Waals surface area contributed by atoms with Crippen molar-refractivity contribution in [2.45, 2.75) is 37.7 Å². The fourth-order valence-electron chi connectivity index (χ4n) is 3.33. The molecule has 1 saturated carbocycles. The highest BCUT2D eigenvalue weighted by Crippen LogP contribution is 2.38. The third-order valence-electron chi connectivity index (χ3n) is 4.76. The predicted molar refractivity (Wildman–Crippen MR) is 92.9 cm³/mol. The van der Waals surface area contributed by atoms with Crippen LogP contribution in [0.1, 0.15) is 25.7 Å². The molecule has 0 bridgehead atoms. The van der Waals surface area contributed by atoms with Gasteiger partial charge in [0.2, 0.25) is 6.43 Å². The van der Waals surface area contributed by atoms with Gasteiger partial charge in [0, 0.05) is 24.9 Å². The Hall–Kier alpha value is -1.32. The topological polar surface area (TPSA) is 71.7 Å². The first-order valence-corrected chi connectivity index (χ1v) is 9.09. The largest absolute Gasteiger partial charge is 0.394 e. The van der Waals surface area contributed by atoms with Gasteiger partial charge in [-0.25, -0.2) is 18.3 Å². The Morgan fingerprint density at radius 2 is 2.20 bits per heavy atom. The van der Waals surface area contributed by atoms with Crippen LogP contribution >= 0.6 is 15.9 Å². The number of aliphatic hydroxyl groups excluding tert-OH is 1. The second-order valence-corrected chi connectivity index (χ2v) is 7.20. The summed E-state index contributed by atoms with van der Waals surface area (Å²) in [5.41, 5.74) is 0.232. The maximum absolute atomic E-state index is 12.9. The summed E-state index contributed by atoms with van der Waals surface area (Å²) < 4.78 is 34.3. The van der Waals surface area contributed by atoms with Crippen LogP contribution in [0.5, 0.6) is 0 Å². The molecule has 0 spiro atoms. The van der Waals surface area contributed by atoms with E-state index in [2.05, 4.69) is 31.3 Å². The Morgan fingerprint density at radius 1 is 1.44 bits per heavy atom. The quantitative estimate of drug-likeness (QED) is 0.722. The van der Waals surface area contributed by atoms with Gasteiger partial charge >= 0.3 is 0 Å². The van der Waals surface area contributed by atoms with Crippen molar-refractivity contribution in [2.24, 2.45) is 5.92 Å². The summed E-state index contributed by atoms with van der Waals surface area (Å²) >= 11 is 3.45. The van der Waals surface area contributed by atoms with Gasteiger partial charge in [-0.05, 0) is 41.6 Å². The van der Waals surface area contributed by atoms with E-state index in [1.54, 1.807) is 23.1 Å². The average Bonchev–Trinajstić information content (AvgIpc) is 3.00. The highest BCUT2D eigenvalue weighted by Gasteiger charge is 2.39. The van der Waals surface area contributed by atoms with Crippen molar-refractivity contribution in [1.29, 1.82) is 0 Å². The van der Waals surface area contributed by atoms with Crippen molar-refractivity contribution in [3.63, 3.8) is 0 Å². The molecule has 1 fully saturated rings. The van der Waals surface area contributed by atoms with E-state index in [4.69, 9.17) is 9.84 Å². The molecule has 3 rings (SSSR count). The molecule has 2 heterocycles. The second kappa shape index (κ2) is 7.92. The van der Waals surface area contributed by atoms with Crippen molar-refractivity contribution < 1.29 is 18.6 Å². The van der Waals surface area contributed by atoms with Crippen LogP contribution in [0.4, 0.5) is 14.6 Å². The van der Waals surface area contributed by atoms with Gasteiger partial charge in [-0.1, -0.05) is 0 Å². The van der Waals surface area contributed by atoms with E-state index in [0.29, 0.717) is 38.0 Å². The SMILES string of the molecule is OCCOC1(CNc2nccn3ncc(Br)c23)CCC(C(F)F)CC1. The smallest absolute Gasteiger partial charge is 0.241 e. The molecule has 138 valence electrons. The molecule has 0 atom stereocenters. The molecule has 0 amide bonds. The van der Waals surface area contributed by atoms with E-state index in [0.717, 1.165) is 9.99 Å². The molecular weight excluding hydrogens is 398 g/mol. The predicted octanol–water partition coefficient (Wildman–Crippen LogP) is 3.11. The maximum atomic E-state index is 12.9. The van der Waals surface area contributed by atoms with Gasteiger partial charge in [-0.15, -0.1) is 0 Å². The Labute approximate surface area is 152 Å². The monoisotopic (exact) mass is 418 g/mol. The number of alkyl halides is 2. The summed E-state index contributed by atoms with van der Waals surface area (Å²) in [5, 5.41) is 16.6. The lowest BCUT2D eigenvalue weighted by Crippen LogP contribution is -2.45. The number of halogens is 3. The molecule has 0 aromatic carbocycles. The third kappa shape index (κ3) is 4.09. The molecule has 0 aliphatic heterocycles. The summed E-state index contributed by atoms with van der Waals surface area (Å²) in [4.78, 5) is 4.35. The normalized spacial score (nSPS) is 24.1. The Balaban J connectivity index is 1.73. The first-order chi connectivity index (χ1) is 12.0. The van der Waals surface area contributed by atoms with Gasteiger partial charge in [0.25, 0.3) is 0 Å². The molecular formula is C16H21BrF2N4O2. The van der Waals surface area contributed by atoms with Crippen molar-refractivity contribution in [3.05, 3.63) is 23.1 Å².